The Balaban J connectivity index is 3.02. The van der Waals surface area contributed by atoms with Gasteiger partial charge in [-0.1, -0.05) is 0 Å². The highest BCUT2D eigenvalue weighted by molar-refractivity contribution is 5.96. The van der Waals surface area contributed by atoms with E-state index in [1.54, 1.807) is 6.07 Å². The van der Waals surface area contributed by atoms with Crippen molar-refractivity contribution >= 4 is 5.78 Å². The van der Waals surface area contributed by atoms with Crippen LogP contribution in [0.3, 0.4) is 0 Å². The van der Waals surface area contributed by atoms with Gasteiger partial charge >= 0.3 is 0 Å². The number of hydrogen-bond acceptors (Lipinski definition) is 3. The van der Waals surface area contributed by atoms with Crippen LogP contribution >= 0.6 is 0 Å². The number of nitrogens with zero attached hydrogens (tertiary/aromatic N) is 1. The van der Waals surface area contributed by atoms with E-state index < -0.39 is 5.78 Å². The number of carbonyl (C=O) groups excluding carboxylic acids is 1. The molecule has 1 rings (SSSR count). The maximum absolute atomic E-state index is 10.3. The normalized spacial score (nSPS) is 8.80. The third-order valence-corrected chi connectivity index (χ3v) is 0.959. The molecule has 0 fully saturated rings. The number of nitriles is 1. The highest BCUT2D eigenvalue weighted by Gasteiger charge is 2.04. The lowest BCUT2D eigenvalue weighted by molar-refractivity contribution is 0.101. The van der Waals surface area contributed by atoms with Crippen molar-refractivity contribution in [3.63, 3.8) is 0 Å². The van der Waals surface area contributed by atoms with Gasteiger partial charge in [-0.2, -0.15) is 5.26 Å². The van der Waals surface area contributed by atoms with Crippen molar-refractivity contribution in [1.82, 2.24) is 0 Å². The quantitative estimate of drug-likeness (QED) is 0.538. The van der Waals surface area contributed by atoms with Gasteiger partial charge in [-0.05, 0) is 12.1 Å². The Bertz CT molecular complexity index is 293. The summed E-state index contributed by atoms with van der Waals surface area (Å²) in [6.07, 6.45) is 0. The van der Waals surface area contributed by atoms with E-state index in [9.17, 15) is 4.79 Å². The second-order valence-electron chi connectivity index (χ2n) is 1.64. The average Bonchev–Trinajstić information content (AvgIpc) is 2.34. The smallest absolute Gasteiger partial charge is 0.204 e. The molecule has 1 heterocycles. The zero-order chi connectivity index (χ0) is 7.56. The number of hydrogen-bond donors (Lipinski definition) is 0. The topological polar surface area (TPSA) is 54.0 Å². The first kappa shape index (κ1) is 6.56. The van der Waals surface area contributed by atoms with E-state index in [1.807, 2.05) is 0 Å². The average molecular weight is 133 g/mol. The lowest BCUT2D eigenvalue weighted by Gasteiger charge is -1.81. The molecule has 3 heteroatoms. The Morgan fingerprint density at radius 1 is 1.70 bits per heavy atom. The fraction of sp³-hybridized carbons (Fsp3) is 0. The molecule has 48 valence electrons. The molecular weight excluding hydrogens is 130 g/mol. The fourth-order valence-corrected chi connectivity index (χ4v) is 0.530. The third kappa shape index (κ3) is 1.06. The summed E-state index contributed by atoms with van der Waals surface area (Å²) in [4.78, 5) is 10.3. The Hall–Kier alpha value is -1.56. The molecule has 0 aliphatic carbocycles. The molecule has 10 heavy (non-hydrogen) atoms. The van der Waals surface area contributed by atoms with Gasteiger partial charge in [0.05, 0.1) is 0 Å². The van der Waals surface area contributed by atoms with Gasteiger partial charge in [0.15, 0.2) is 5.76 Å². The molecule has 0 unspecified atom stereocenters. The SMILES string of the molecule is [CH]C(=O)c1ccc(C#N)o1. The van der Waals surface area contributed by atoms with Crippen molar-refractivity contribution < 1.29 is 9.21 Å². The van der Waals surface area contributed by atoms with Crippen LogP contribution in [0.25, 0.3) is 0 Å². The number of furan rings is 1. The van der Waals surface area contributed by atoms with Gasteiger partial charge in [0, 0.05) is 6.92 Å². The van der Waals surface area contributed by atoms with E-state index in [0.717, 1.165) is 0 Å². The van der Waals surface area contributed by atoms with Crippen LogP contribution in [0.2, 0.25) is 0 Å². The molecule has 0 aliphatic rings. The lowest BCUT2D eigenvalue weighted by Crippen LogP contribution is -1.86. The summed E-state index contributed by atoms with van der Waals surface area (Å²) in [5.74, 6) is -0.563. The summed E-state index contributed by atoms with van der Waals surface area (Å²) in [5, 5.41) is 8.24. The molecule has 0 saturated carbocycles. The van der Waals surface area contributed by atoms with Crippen LogP contribution < -0.4 is 0 Å². The summed E-state index contributed by atoms with van der Waals surface area (Å²) >= 11 is 0. The molecule has 1 aromatic rings. The zero-order valence-electron chi connectivity index (χ0n) is 5.00. The highest BCUT2D eigenvalue weighted by atomic mass is 16.3. The first-order valence-electron chi connectivity index (χ1n) is 2.54. The van der Waals surface area contributed by atoms with Crippen molar-refractivity contribution in [2.24, 2.45) is 0 Å². The summed E-state index contributed by atoms with van der Waals surface area (Å²) in [5.41, 5.74) is 0. The van der Waals surface area contributed by atoms with E-state index in [4.69, 9.17) is 12.2 Å². The molecule has 0 aromatic carbocycles. The Labute approximate surface area is 57.9 Å². The maximum Gasteiger partial charge on any atom is 0.204 e. The van der Waals surface area contributed by atoms with Crippen LogP contribution in [0.5, 0.6) is 0 Å². The minimum absolute atomic E-state index is 0.0107. The van der Waals surface area contributed by atoms with Crippen molar-refractivity contribution in [2.45, 2.75) is 0 Å². The van der Waals surface area contributed by atoms with Crippen molar-refractivity contribution in [3.8, 4) is 6.07 Å². The van der Waals surface area contributed by atoms with E-state index in [-0.39, 0.29) is 11.5 Å². The summed E-state index contributed by atoms with van der Waals surface area (Å²) in [7, 11) is 0. The molecule has 0 saturated heterocycles. The zero-order valence-corrected chi connectivity index (χ0v) is 5.00. The molecular formula is C7H3NO2. The maximum atomic E-state index is 10.3. The van der Waals surface area contributed by atoms with E-state index in [1.165, 1.54) is 12.1 Å². The van der Waals surface area contributed by atoms with E-state index >= 15 is 0 Å². The van der Waals surface area contributed by atoms with Gasteiger partial charge in [0.2, 0.25) is 11.5 Å². The Morgan fingerprint density at radius 2 is 2.40 bits per heavy atom. The molecule has 2 radical (unpaired) electrons. The monoisotopic (exact) mass is 133 g/mol. The van der Waals surface area contributed by atoms with Gasteiger partial charge < -0.3 is 4.42 Å². The van der Waals surface area contributed by atoms with Crippen LogP contribution in [0.15, 0.2) is 16.5 Å². The summed E-state index contributed by atoms with van der Waals surface area (Å²) in [6.45, 7) is 4.84. The van der Waals surface area contributed by atoms with Gasteiger partial charge in [-0.25, -0.2) is 0 Å². The van der Waals surface area contributed by atoms with Gasteiger partial charge in [0.25, 0.3) is 0 Å². The second kappa shape index (κ2) is 2.36. The molecule has 3 nitrogen and oxygen atoms in total. The summed E-state index contributed by atoms with van der Waals surface area (Å²) in [6, 6.07) is 4.48. The third-order valence-electron chi connectivity index (χ3n) is 0.959. The fourth-order valence-electron chi connectivity index (χ4n) is 0.530. The molecule has 0 N–H and O–H groups in total. The molecule has 0 aliphatic heterocycles. The number of carbonyl (C=O) groups is 1. The largest absolute Gasteiger partial charge is 0.442 e. The first-order chi connectivity index (χ1) is 4.74. The van der Waals surface area contributed by atoms with Gasteiger partial charge in [-0.15, -0.1) is 0 Å². The predicted molar refractivity (Wildman–Crippen MR) is 32.1 cm³/mol. The molecule has 0 spiro atoms. The van der Waals surface area contributed by atoms with Crippen LogP contribution in [0.1, 0.15) is 16.3 Å². The van der Waals surface area contributed by atoms with E-state index in [2.05, 4.69) is 4.42 Å². The second-order valence-corrected chi connectivity index (χ2v) is 1.64. The van der Waals surface area contributed by atoms with Gasteiger partial charge in [0.1, 0.15) is 6.07 Å². The minimum Gasteiger partial charge on any atom is -0.442 e. The number of Topliss-reactive ketones (excluding diaryl/α,β-unsaturated/α-hetero) is 1. The van der Waals surface area contributed by atoms with Crippen molar-refractivity contribution in [1.29, 1.82) is 5.26 Å². The van der Waals surface area contributed by atoms with Crippen LogP contribution in [-0.4, -0.2) is 5.78 Å². The predicted octanol–water partition coefficient (Wildman–Crippen LogP) is 1.05. The van der Waals surface area contributed by atoms with E-state index in [0.29, 0.717) is 0 Å². The lowest BCUT2D eigenvalue weighted by atomic mass is 10.3. The van der Waals surface area contributed by atoms with Gasteiger partial charge in [-0.3, -0.25) is 4.79 Å². The molecule has 0 amide bonds. The standard InChI is InChI=1S/C7H3NO2/c1-5(9)7-3-2-6(4-8)10-7/h1-3H. The number of ketones is 1. The van der Waals surface area contributed by atoms with Crippen molar-refractivity contribution in [3.05, 3.63) is 30.6 Å². The van der Waals surface area contributed by atoms with Crippen LogP contribution in [0, 0.1) is 18.3 Å². The molecule has 0 atom stereocenters. The van der Waals surface area contributed by atoms with Crippen LogP contribution in [0.4, 0.5) is 0 Å². The Kier molecular flexibility index (Phi) is 1.55. The highest BCUT2D eigenvalue weighted by Crippen LogP contribution is 2.05. The van der Waals surface area contributed by atoms with Crippen LogP contribution in [-0.2, 0) is 0 Å². The number of rotatable bonds is 1. The molecule has 0 bridgehead atoms. The van der Waals surface area contributed by atoms with Crippen molar-refractivity contribution in [2.75, 3.05) is 0 Å². The molecule has 1 aromatic heterocycles. The minimum atomic E-state index is -0.665. The summed E-state index contributed by atoms with van der Waals surface area (Å²) < 4.78 is 4.66. The first-order valence-corrected chi connectivity index (χ1v) is 2.54. The Morgan fingerprint density at radius 3 is 2.70 bits per heavy atom.